The first kappa shape index (κ1) is 14.4. The van der Waals surface area contributed by atoms with Crippen molar-refractivity contribution in [3.8, 4) is 17.2 Å². The van der Waals surface area contributed by atoms with E-state index < -0.39 is 0 Å². The molecule has 2 heteroatoms. The topological polar surface area (TPSA) is 18.5 Å². The summed E-state index contributed by atoms with van der Waals surface area (Å²) in [4.78, 5) is 0. The van der Waals surface area contributed by atoms with E-state index in [1.165, 1.54) is 5.56 Å². The Morgan fingerprint density at radius 3 is 1.65 bits per heavy atom. The van der Waals surface area contributed by atoms with Crippen LogP contribution in [0.1, 0.15) is 26.3 Å². The highest BCUT2D eigenvalue weighted by molar-refractivity contribution is 5.36. The lowest BCUT2D eigenvalue weighted by Gasteiger charge is -2.18. The van der Waals surface area contributed by atoms with Crippen LogP contribution in [0.15, 0.2) is 48.5 Å². The lowest BCUT2D eigenvalue weighted by molar-refractivity contribution is 0.410. The van der Waals surface area contributed by atoms with Gasteiger partial charge in [-0.15, -0.1) is 0 Å². The van der Waals surface area contributed by atoms with Crippen molar-refractivity contribution in [1.82, 2.24) is 0 Å². The number of methoxy groups -OCH3 is 1. The van der Waals surface area contributed by atoms with Gasteiger partial charge in [0.25, 0.3) is 0 Å². The molecule has 2 aromatic rings. The van der Waals surface area contributed by atoms with Gasteiger partial charge in [-0.1, -0.05) is 32.9 Å². The molecule has 0 spiro atoms. The molecule has 0 aromatic heterocycles. The summed E-state index contributed by atoms with van der Waals surface area (Å²) in [6.07, 6.45) is 1.07. The zero-order valence-electron chi connectivity index (χ0n) is 12.6. The van der Waals surface area contributed by atoms with Gasteiger partial charge in [-0.05, 0) is 53.8 Å². The lowest BCUT2D eigenvalue weighted by atomic mass is 9.88. The van der Waals surface area contributed by atoms with E-state index in [0.717, 1.165) is 23.7 Å². The normalized spacial score (nSPS) is 11.2. The van der Waals surface area contributed by atoms with Crippen molar-refractivity contribution in [2.24, 2.45) is 5.41 Å². The molecule has 2 nitrogen and oxygen atoms in total. The second kappa shape index (κ2) is 6.00. The average Bonchev–Trinajstić information content (AvgIpc) is 2.40. The van der Waals surface area contributed by atoms with Crippen LogP contribution in [0.5, 0.6) is 17.2 Å². The van der Waals surface area contributed by atoms with E-state index in [2.05, 4.69) is 32.9 Å². The summed E-state index contributed by atoms with van der Waals surface area (Å²) in [5, 5.41) is 0. The van der Waals surface area contributed by atoms with Gasteiger partial charge in [-0.25, -0.2) is 0 Å². The third-order valence-corrected chi connectivity index (χ3v) is 2.95. The van der Waals surface area contributed by atoms with E-state index in [1.807, 2.05) is 36.4 Å². The minimum absolute atomic E-state index is 0.304. The lowest BCUT2D eigenvalue weighted by Crippen LogP contribution is -2.08. The van der Waals surface area contributed by atoms with Gasteiger partial charge >= 0.3 is 0 Å². The van der Waals surface area contributed by atoms with Gasteiger partial charge in [0, 0.05) is 0 Å². The second-order valence-electron chi connectivity index (χ2n) is 6.16. The van der Waals surface area contributed by atoms with Crippen molar-refractivity contribution in [2.45, 2.75) is 27.2 Å². The standard InChI is InChI=1S/C18H22O2/c1-18(2,3)13-14-5-7-16(8-6-14)20-17-11-9-15(19-4)10-12-17/h5-12H,13H2,1-4H3. The number of ether oxygens (including phenoxy) is 2. The third-order valence-electron chi connectivity index (χ3n) is 2.95. The minimum atomic E-state index is 0.304. The molecule has 20 heavy (non-hydrogen) atoms. The van der Waals surface area contributed by atoms with Gasteiger partial charge in [-0.3, -0.25) is 0 Å². The molecule has 0 N–H and O–H groups in total. The van der Waals surface area contributed by atoms with Crippen LogP contribution in [-0.2, 0) is 6.42 Å². The first-order valence-electron chi connectivity index (χ1n) is 6.87. The largest absolute Gasteiger partial charge is 0.497 e. The summed E-state index contributed by atoms with van der Waals surface area (Å²) in [6.45, 7) is 6.73. The van der Waals surface area contributed by atoms with Crippen molar-refractivity contribution in [1.29, 1.82) is 0 Å². The van der Waals surface area contributed by atoms with Crippen LogP contribution in [0.25, 0.3) is 0 Å². The second-order valence-corrected chi connectivity index (χ2v) is 6.16. The minimum Gasteiger partial charge on any atom is -0.497 e. The van der Waals surface area contributed by atoms with E-state index in [4.69, 9.17) is 9.47 Å². The van der Waals surface area contributed by atoms with Gasteiger partial charge < -0.3 is 9.47 Å². The van der Waals surface area contributed by atoms with Crippen molar-refractivity contribution >= 4 is 0 Å². The average molecular weight is 270 g/mol. The molecule has 0 fully saturated rings. The molecule has 106 valence electrons. The van der Waals surface area contributed by atoms with Gasteiger partial charge in [0.2, 0.25) is 0 Å². The molecule has 0 bridgehead atoms. The van der Waals surface area contributed by atoms with Gasteiger partial charge in [0.05, 0.1) is 7.11 Å². The smallest absolute Gasteiger partial charge is 0.127 e. The Morgan fingerprint density at radius 2 is 1.20 bits per heavy atom. The molecule has 0 aliphatic carbocycles. The highest BCUT2D eigenvalue weighted by atomic mass is 16.5. The molecule has 0 saturated heterocycles. The van der Waals surface area contributed by atoms with Crippen LogP contribution in [0.4, 0.5) is 0 Å². The Labute approximate surface area is 121 Å². The fraction of sp³-hybridized carbons (Fsp3) is 0.333. The van der Waals surface area contributed by atoms with Crippen LogP contribution >= 0.6 is 0 Å². The maximum absolute atomic E-state index is 5.81. The molecule has 0 saturated carbocycles. The van der Waals surface area contributed by atoms with Crippen LogP contribution in [0.2, 0.25) is 0 Å². The zero-order valence-corrected chi connectivity index (χ0v) is 12.6. The van der Waals surface area contributed by atoms with Gasteiger partial charge in [-0.2, -0.15) is 0 Å². The highest BCUT2D eigenvalue weighted by Crippen LogP contribution is 2.26. The van der Waals surface area contributed by atoms with Crippen LogP contribution in [0, 0.1) is 5.41 Å². The van der Waals surface area contributed by atoms with Crippen LogP contribution < -0.4 is 9.47 Å². The van der Waals surface area contributed by atoms with Gasteiger partial charge in [0.1, 0.15) is 17.2 Å². The number of hydrogen-bond donors (Lipinski definition) is 0. The molecule has 0 aliphatic rings. The summed E-state index contributed by atoms with van der Waals surface area (Å²) < 4.78 is 10.9. The Bertz CT molecular complexity index is 533. The summed E-state index contributed by atoms with van der Waals surface area (Å²) in [5.74, 6) is 2.50. The van der Waals surface area contributed by atoms with Crippen LogP contribution in [-0.4, -0.2) is 7.11 Å². The Hall–Kier alpha value is -1.96. The molecular formula is C18H22O2. The van der Waals surface area contributed by atoms with E-state index in [-0.39, 0.29) is 0 Å². The third kappa shape index (κ3) is 4.30. The monoisotopic (exact) mass is 270 g/mol. The molecule has 2 rings (SSSR count). The van der Waals surface area contributed by atoms with Crippen molar-refractivity contribution in [3.05, 3.63) is 54.1 Å². The van der Waals surface area contributed by atoms with E-state index in [1.54, 1.807) is 7.11 Å². The number of hydrogen-bond acceptors (Lipinski definition) is 2. The van der Waals surface area contributed by atoms with E-state index in [0.29, 0.717) is 5.41 Å². The summed E-state index contributed by atoms with van der Waals surface area (Å²) in [7, 11) is 1.66. The summed E-state index contributed by atoms with van der Waals surface area (Å²) in [5.41, 5.74) is 1.64. The molecule has 0 amide bonds. The highest BCUT2D eigenvalue weighted by Gasteiger charge is 2.11. The van der Waals surface area contributed by atoms with E-state index in [9.17, 15) is 0 Å². The van der Waals surface area contributed by atoms with Crippen molar-refractivity contribution < 1.29 is 9.47 Å². The Balaban J connectivity index is 2.02. The molecular weight excluding hydrogens is 248 g/mol. The first-order chi connectivity index (χ1) is 9.46. The molecule has 2 aromatic carbocycles. The SMILES string of the molecule is COc1ccc(Oc2ccc(CC(C)(C)C)cc2)cc1. The van der Waals surface area contributed by atoms with Gasteiger partial charge in [0.15, 0.2) is 0 Å². The predicted molar refractivity (Wildman–Crippen MR) is 82.7 cm³/mol. The quantitative estimate of drug-likeness (QED) is 0.771. The number of benzene rings is 2. The molecule has 0 atom stereocenters. The number of rotatable bonds is 4. The molecule has 0 unspecified atom stereocenters. The Kier molecular flexibility index (Phi) is 4.33. The fourth-order valence-electron chi connectivity index (χ4n) is 2.07. The van der Waals surface area contributed by atoms with Crippen molar-refractivity contribution in [2.75, 3.05) is 7.11 Å². The predicted octanol–water partition coefficient (Wildman–Crippen LogP) is 5.08. The molecule has 0 aliphatic heterocycles. The van der Waals surface area contributed by atoms with Crippen LogP contribution in [0.3, 0.4) is 0 Å². The summed E-state index contributed by atoms with van der Waals surface area (Å²) >= 11 is 0. The first-order valence-corrected chi connectivity index (χ1v) is 6.87. The molecule has 0 radical (unpaired) electrons. The van der Waals surface area contributed by atoms with Crippen molar-refractivity contribution in [3.63, 3.8) is 0 Å². The Morgan fingerprint density at radius 1 is 0.750 bits per heavy atom. The fourth-order valence-corrected chi connectivity index (χ4v) is 2.07. The zero-order chi connectivity index (χ0) is 14.6. The molecule has 0 heterocycles. The maximum Gasteiger partial charge on any atom is 0.127 e. The summed E-state index contributed by atoms with van der Waals surface area (Å²) in [6, 6.07) is 15.9. The van der Waals surface area contributed by atoms with E-state index >= 15 is 0 Å². The maximum atomic E-state index is 5.81.